The van der Waals surface area contributed by atoms with Crippen LogP contribution in [-0.4, -0.2) is 28.0 Å². The Morgan fingerprint density at radius 3 is 3.05 bits per heavy atom. The van der Waals surface area contributed by atoms with E-state index in [-0.39, 0.29) is 12.1 Å². The van der Waals surface area contributed by atoms with Crippen LogP contribution in [0.15, 0.2) is 18.3 Å². The van der Waals surface area contributed by atoms with Crippen molar-refractivity contribution in [3.63, 3.8) is 0 Å². The van der Waals surface area contributed by atoms with Crippen LogP contribution in [0.2, 0.25) is 0 Å². The molecule has 3 rings (SSSR count). The largest absolute Gasteiger partial charge is 0.376 e. The first-order valence-electron chi connectivity index (χ1n) is 7.49. The van der Waals surface area contributed by atoms with E-state index in [4.69, 9.17) is 10.00 Å². The summed E-state index contributed by atoms with van der Waals surface area (Å²) in [4.78, 5) is 15.8. The zero-order valence-corrected chi connectivity index (χ0v) is 12.9. The molecule has 1 aliphatic rings. The summed E-state index contributed by atoms with van der Waals surface area (Å²) in [5, 5.41) is 9.88. The molecule has 5 nitrogen and oxygen atoms in total. The van der Waals surface area contributed by atoms with Crippen molar-refractivity contribution in [2.75, 3.05) is 6.61 Å². The first-order valence-corrected chi connectivity index (χ1v) is 7.49. The fourth-order valence-corrected chi connectivity index (χ4v) is 3.25. The predicted molar refractivity (Wildman–Crippen MR) is 82.7 cm³/mol. The van der Waals surface area contributed by atoms with Crippen LogP contribution in [0.3, 0.4) is 0 Å². The molecule has 1 unspecified atom stereocenters. The van der Waals surface area contributed by atoms with Crippen molar-refractivity contribution in [2.45, 2.75) is 44.8 Å². The minimum Gasteiger partial charge on any atom is -0.376 e. The molecule has 0 N–H and O–H groups in total. The number of ether oxygens (including phenoxy) is 1. The maximum Gasteiger partial charge on any atom is 0.166 e. The highest BCUT2D eigenvalue weighted by molar-refractivity contribution is 5.88. The number of hydrogen-bond donors (Lipinski definition) is 0. The topological polar surface area (TPSA) is 67.9 Å². The number of carbonyl (C=O) groups is 1. The third-order valence-corrected chi connectivity index (χ3v) is 4.31. The Balaban J connectivity index is 2.00. The monoisotopic (exact) mass is 297 g/mol. The standard InChI is InChI=1S/C17H19N3O2/c1-17(2)9-12(3-6-22-17)15-8-13-7-14(11-21)20(5-4-18)16(13)10-19-15/h7-8,10-12H,3,5-6,9H2,1-2H3. The predicted octanol–water partition coefficient (Wildman–Crippen LogP) is 3.04. The Labute approximate surface area is 129 Å². The maximum absolute atomic E-state index is 11.2. The number of aldehydes is 1. The van der Waals surface area contributed by atoms with Gasteiger partial charge >= 0.3 is 0 Å². The lowest BCUT2D eigenvalue weighted by molar-refractivity contribution is -0.0597. The molecule has 114 valence electrons. The van der Waals surface area contributed by atoms with Gasteiger partial charge in [0, 0.05) is 23.6 Å². The highest BCUT2D eigenvalue weighted by Gasteiger charge is 2.30. The zero-order valence-electron chi connectivity index (χ0n) is 12.9. The van der Waals surface area contributed by atoms with E-state index in [1.807, 2.05) is 12.1 Å². The second kappa shape index (κ2) is 5.54. The molecule has 0 radical (unpaired) electrons. The third kappa shape index (κ3) is 2.62. The van der Waals surface area contributed by atoms with Crippen molar-refractivity contribution in [3.05, 3.63) is 29.7 Å². The minimum atomic E-state index is -0.125. The molecular weight excluding hydrogens is 278 g/mol. The Hall–Kier alpha value is -2.19. The van der Waals surface area contributed by atoms with E-state index in [0.717, 1.165) is 42.3 Å². The van der Waals surface area contributed by atoms with E-state index in [1.54, 1.807) is 10.8 Å². The molecule has 0 aromatic carbocycles. The summed E-state index contributed by atoms with van der Waals surface area (Å²) in [6.45, 7) is 5.10. The number of carbonyl (C=O) groups excluding carboxylic acids is 1. The number of fused-ring (bicyclic) bond motifs is 1. The maximum atomic E-state index is 11.2. The van der Waals surface area contributed by atoms with Gasteiger partial charge in [-0.1, -0.05) is 0 Å². The van der Waals surface area contributed by atoms with E-state index in [1.165, 1.54) is 0 Å². The number of nitriles is 1. The van der Waals surface area contributed by atoms with Crippen LogP contribution in [0.1, 0.15) is 48.8 Å². The summed E-state index contributed by atoms with van der Waals surface area (Å²) >= 11 is 0. The van der Waals surface area contributed by atoms with Crippen molar-refractivity contribution >= 4 is 17.2 Å². The van der Waals surface area contributed by atoms with E-state index < -0.39 is 0 Å². The molecule has 1 aliphatic heterocycles. The average Bonchev–Trinajstić information content (AvgIpc) is 2.84. The van der Waals surface area contributed by atoms with Gasteiger partial charge in [0.2, 0.25) is 0 Å². The van der Waals surface area contributed by atoms with Crippen LogP contribution in [0, 0.1) is 11.3 Å². The van der Waals surface area contributed by atoms with Gasteiger partial charge in [-0.2, -0.15) is 5.26 Å². The SMILES string of the molecule is CC1(C)CC(c2cc3cc(C=O)n(CC#N)c3cn2)CCO1. The van der Waals surface area contributed by atoms with Crippen molar-refractivity contribution in [2.24, 2.45) is 0 Å². The second-order valence-corrected chi connectivity index (χ2v) is 6.40. The molecule has 3 heterocycles. The normalized spacial score (nSPS) is 20.7. The van der Waals surface area contributed by atoms with Crippen LogP contribution in [0.5, 0.6) is 0 Å². The van der Waals surface area contributed by atoms with Gasteiger partial charge in [-0.05, 0) is 38.8 Å². The molecule has 2 aromatic rings. The molecule has 22 heavy (non-hydrogen) atoms. The van der Waals surface area contributed by atoms with Gasteiger partial charge in [-0.15, -0.1) is 0 Å². The number of hydrogen-bond acceptors (Lipinski definition) is 4. The van der Waals surface area contributed by atoms with E-state index in [9.17, 15) is 4.79 Å². The fraction of sp³-hybridized carbons (Fsp3) is 0.471. The summed E-state index contributed by atoms with van der Waals surface area (Å²) in [6, 6.07) is 5.96. The highest BCUT2D eigenvalue weighted by atomic mass is 16.5. The van der Waals surface area contributed by atoms with E-state index in [2.05, 4.69) is 24.9 Å². The lowest BCUT2D eigenvalue weighted by Gasteiger charge is -2.35. The van der Waals surface area contributed by atoms with Gasteiger partial charge in [0.05, 0.1) is 29.1 Å². The van der Waals surface area contributed by atoms with Gasteiger partial charge in [0.1, 0.15) is 6.54 Å². The first-order chi connectivity index (χ1) is 10.5. The molecule has 5 heteroatoms. The van der Waals surface area contributed by atoms with Crippen LogP contribution in [-0.2, 0) is 11.3 Å². The van der Waals surface area contributed by atoms with Crippen molar-refractivity contribution in [1.29, 1.82) is 5.26 Å². The Morgan fingerprint density at radius 1 is 1.55 bits per heavy atom. The number of rotatable bonds is 3. The molecule has 0 amide bonds. The molecule has 1 saturated heterocycles. The minimum absolute atomic E-state index is 0.125. The number of aromatic nitrogens is 2. The fourth-order valence-electron chi connectivity index (χ4n) is 3.25. The summed E-state index contributed by atoms with van der Waals surface area (Å²) in [7, 11) is 0. The number of pyridine rings is 1. The van der Waals surface area contributed by atoms with Crippen LogP contribution in [0.4, 0.5) is 0 Å². The van der Waals surface area contributed by atoms with Crippen LogP contribution >= 0.6 is 0 Å². The molecule has 2 aromatic heterocycles. The summed E-state index contributed by atoms with van der Waals surface area (Å²) in [5.41, 5.74) is 2.26. The highest BCUT2D eigenvalue weighted by Crippen LogP contribution is 2.35. The lowest BCUT2D eigenvalue weighted by Crippen LogP contribution is -2.33. The first kappa shape index (κ1) is 14.7. The smallest absolute Gasteiger partial charge is 0.166 e. The summed E-state index contributed by atoms with van der Waals surface area (Å²) < 4.78 is 7.46. The van der Waals surface area contributed by atoms with Gasteiger partial charge < -0.3 is 9.30 Å². The van der Waals surface area contributed by atoms with Crippen molar-refractivity contribution in [3.8, 4) is 6.07 Å². The van der Waals surface area contributed by atoms with E-state index in [0.29, 0.717) is 11.6 Å². The third-order valence-electron chi connectivity index (χ3n) is 4.31. The van der Waals surface area contributed by atoms with Crippen molar-refractivity contribution < 1.29 is 9.53 Å². The van der Waals surface area contributed by atoms with Gasteiger partial charge in [-0.3, -0.25) is 9.78 Å². The summed E-state index contributed by atoms with van der Waals surface area (Å²) in [6.07, 6.45) is 4.46. The quantitative estimate of drug-likeness (QED) is 0.817. The van der Waals surface area contributed by atoms with Crippen LogP contribution in [0.25, 0.3) is 10.9 Å². The Bertz CT molecular complexity index is 755. The molecular formula is C17H19N3O2. The Kier molecular flexibility index (Phi) is 3.71. The number of nitrogens with zero attached hydrogens (tertiary/aromatic N) is 3. The molecule has 0 bridgehead atoms. The average molecular weight is 297 g/mol. The molecule has 1 fully saturated rings. The zero-order chi connectivity index (χ0) is 15.7. The van der Waals surface area contributed by atoms with Gasteiger partial charge in [0.25, 0.3) is 0 Å². The molecule has 0 spiro atoms. The van der Waals surface area contributed by atoms with Crippen LogP contribution < -0.4 is 0 Å². The molecule has 1 atom stereocenters. The summed E-state index contributed by atoms with van der Waals surface area (Å²) in [5.74, 6) is 0.368. The Morgan fingerprint density at radius 2 is 2.36 bits per heavy atom. The van der Waals surface area contributed by atoms with Gasteiger partial charge in [0.15, 0.2) is 6.29 Å². The van der Waals surface area contributed by atoms with Crippen molar-refractivity contribution in [1.82, 2.24) is 9.55 Å². The molecule has 0 aliphatic carbocycles. The second-order valence-electron chi connectivity index (χ2n) is 6.40. The van der Waals surface area contributed by atoms with E-state index >= 15 is 0 Å². The lowest BCUT2D eigenvalue weighted by atomic mass is 9.86. The molecule has 0 saturated carbocycles. The van der Waals surface area contributed by atoms with Gasteiger partial charge in [-0.25, -0.2) is 0 Å².